The van der Waals surface area contributed by atoms with Crippen LogP contribution in [0, 0.1) is 0 Å². The summed E-state index contributed by atoms with van der Waals surface area (Å²) in [6.07, 6.45) is -6.14. The van der Waals surface area contributed by atoms with E-state index in [1.165, 1.54) is 19.2 Å². The van der Waals surface area contributed by atoms with Gasteiger partial charge in [-0.05, 0) is 12.1 Å². The maximum atomic E-state index is 12.2. The number of rotatable bonds is 7. The summed E-state index contributed by atoms with van der Waals surface area (Å²) in [6, 6.07) is 4.31. The Morgan fingerprint density at radius 3 is 2.52 bits per heavy atom. The topological polar surface area (TPSA) is 84.9 Å². The van der Waals surface area contributed by atoms with E-state index in [0.717, 1.165) is 12.1 Å². The van der Waals surface area contributed by atoms with Crippen LogP contribution < -0.4 is 9.46 Å². The average molecular weight is 329 g/mol. The van der Waals surface area contributed by atoms with Crippen molar-refractivity contribution in [3.05, 3.63) is 24.3 Å². The van der Waals surface area contributed by atoms with Crippen molar-refractivity contribution in [1.82, 2.24) is 4.72 Å². The van der Waals surface area contributed by atoms with Crippen molar-refractivity contribution in [2.75, 3.05) is 20.3 Å². The van der Waals surface area contributed by atoms with Crippen molar-refractivity contribution < 1.29 is 36.2 Å². The molecule has 1 aromatic rings. The van der Waals surface area contributed by atoms with Gasteiger partial charge in [-0.15, -0.1) is 13.2 Å². The molecule has 1 atom stereocenters. The number of ether oxygens (including phenoxy) is 2. The lowest BCUT2D eigenvalue weighted by atomic mass is 10.3. The maximum absolute atomic E-state index is 12.2. The molecule has 0 aliphatic heterocycles. The predicted octanol–water partition coefficient (Wildman–Crippen LogP) is 0.871. The molecule has 0 heterocycles. The highest BCUT2D eigenvalue weighted by Gasteiger charge is 2.34. The number of para-hydroxylation sites is 1. The summed E-state index contributed by atoms with van der Waals surface area (Å²) in [5.41, 5.74) is 0. The average Bonchev–Trinajstić information content (AvgIpc) is 2.35. The molecular weight excluding hydrogens is 315 g/mol. The molecule has 1 rings (SSSR count). The largest absolute Gasteiger partial charge is 0.573 e. The number of aliphatic hydroxyl groups excluding tert-OH is 1. The first-order chi connectivity index (χ1) is 9.65. The van der Waals surface area contributed by atoms with E-state index in [0.29, 0.717) is 0 Å². The number of aliphatic hydroxyl groups is 1. The molecule has 0 saturated heterocycles. The third kappa shape index (κ3) is 5.87. The lowest BCUT2D eigenvalue weighted by Crippen LogP contribution is -2.34. The minimum atomic E-state index is -5.01. The number of hydrogen-bond acceptors (Lipinski definition) is 5. The molecule has 0 aliphatic carbocycles. The standard InChI is InChI=1S/C11H14F3NO5S/c1-19-7-8(16)6-15-21(17,18)10-5-3-2-4-9(10)20-11(12,13)14/h2-5,8,15-16H,6-7H2,1H3. The molecule has 2 N–H and O–H groups in total. The molecule has 6 nitrogen and oxygen atoms in total. The van der Waals surface area contributed by atoms with Gasteiger partial charge >= 0.3 is 6.36 Å². The molecule has 0 fully saturated rings. The lowest BCUT2D eigenvalue weighted by Gasteiger charge is -2.15. The molecule has 0 bridgehead atoms. The summed E-state index contributed by atoms with van der Waals surface area (Å²) in [5.74, 6) is -0.848. The Morgan fingerprint density at radius 2 is 1.95 bits per heavy atom. The van der Waals surface area contributed by atoms with Gasteiger partial charge in [0.15, 0.2) is 0 Å². The molecule has 1 unspecified atom stereocenters. The van der Waals surface area contributed by atoms with Crippen LogP contribution in [0.15, 0.2) is 29.2 Å². The third-order valence-corrected chi connectivity index (χ3v) is 3.70. The van der Waals surface area contributed by atoms with E-state index in [1.807, 2.05) is 4.72 Å². The fraction of sp³-hybridized carbons (Fsp3) is 0.455. The van der Waals surface area contributed by atoms with E-state index in [2.05, 4.69) is 9.47 Å². The molecule has 0 spiro atoms. The van der Waals surface area contributed by atoms with Crippen LogP contribution in [-0.2, 0) is 14.8 Å². The van der Waals surface area contributed by atoms with Gasteiger partial charge in [0.25, 0.3) is 0 Å². The summed E-state index contributed by atoms with van der Waals surface area (Å²) in [4.78, 5) is -0.674. The highest BCUT2D eigenvalue weighted by molar-refractivity contribution is 7.89. The smallest absolute Gasteiger partial charge is 0.404 e. The van der Waals surface area contributed by atoms with Crippen LogP contribution in [0.5, 0.6) is 5.75 Å². The number of methoxy groups -OCH3 is 1. The Balaban J connectivity index is 2.93. The SMILES string of the molecule is COCC(O)CNS(=O)(=O)c1ccccc1OC(F)(F)F. The summed E-state index contributed by atoms with van der Waals surface area (Å²) in [6.45, 7) is -0.528. The molecule has 1 aromatic carbocycles. The quantitative estimate of drug-likeness (QED) is 0.775. The summed E-state index contributed by atoms with van der Waals surface area (Å²) < 4.78 is 70.8. The van der Waals surface area contributed by atoms with Crippen LogP contribution in [0.1, 0.15) is 0 Å². The number of benzene rings is 1. The van der Waals surface area contributed by atoms with Crippen LogP contribution in [0.25, 0.3) is 0 Å². The third-order valence-electron chi connectivity index (χ3n) is 2.23. The molecule has 0 radical (unpaired) electrons. The Morgan fingerprint density at radius 1 is 1.33 bits per heavy atom. The van der Waals surface area contributed by atoms with Crippen LogP contribution in [0.2, 0.25) is 0 Å². The van der Waals surface area contributed by atoms with Gasteiger partial charge in [0.1, 0.15) is 10.6 Å². The first-order valence-corrected chi connectivity index (χ1v) is 7.15. The van der Waals surface area contributed by atoms with E-state index in [9.17, 15) is 26.7 Å². The summed E-state index contributed by atoms with van der Waals surface area (Å²) in [7, 11) is -2.96. The monoisotopic (exact) mass is 329 g/mol. The van der Waals surface area contributed by atoms with Gasteiger partial charge in [-0.2, -0.15) is 0 Å². The van der Waals surface area contributed by atoms with Crippen LogP contribution >= 0.6 is 0 Å². The van der Waals surface area contributed by atoms with Gasteiger partial charge in [-0.1, -0.05) is 12.1 Å². The first kappa shape index (κ1) is 17.7. The van der Waals surface area contributed by atoms with Gasteiger partial charge in [0, 0.05) is 13.7 Å². The second-order valence-corrected chi connectivity index (χ2v) is 5.69. The lowest BCUT2D eigenvalue weighted by molar-refractivity contribution is -0.275. The van der Waals surface area contributed by atoms with Crippen molar-refractivity contribution in [1.29, 1.82) is 0 Å². The summed E-state index contributed by atoms with van der Waals surface area (Å²) >= 11 is 0. The van der Waals surface area contributed by atoms with Gasteiger partial charge in [0.05, 0.1) is 12.7 Å². The molecule has 0 amide bonds. The second kappa shape index (κ2) is 7.07. The highest BCUT2D eigenvalue weighted by atomic mass is 32.2. The molecule has 0 aliphatic rings. The Hall–Kier alpha value is -1.36. The number of hydrogen-bond donors (Lipinski definition) is 2. The van der Waals surface area contributed by atoms with Crippen LogP contribution in [0.4, 0.5) is 13.2 Å². The zero-order chi connectivity index (χ0) is 16.1. The molecule has 0 aromatic heterocycles. The predicted molar refractivity (Wildman–Crippen MR) is 66.2 cm³/mol. The van der Waals surface area contributed by atoms with Crippen molar-refractivity contribution in [2.45, 2.75) is 17.4 Å². The van der Waals surface area contributed by atoms with Crippen LogP contribution in [0.3, 0.4) is 0 Å². The van der Waals surface area contributed by atoms with Crippen molar-refractivity contribution >= 4 is 10.0 Å². The second-order valence-electron chi connectivity index (χ2n) is 3.96. The van der Waals surface area contributed by atoms with E-state index < -0.39 is 39.7 Å². The van der Waals surface area contributed by atoms with Gasteiger partial charge < -0.3 is 14.6 Å². The number of halogens is 3. The van der Waals surface area contributed by atoms with E-state index >= 15 is 0 Å². The number of nitrogens with one attached hydrogen (secondary N) is 1. The molecule has 120 valence electrons. The molecular formula is C11H14F3NO5S. The zero-order valence-corrected chi connectivity index (χ0v) is 11.7. The van der Waals surface area contributed by atoms with Gasteiger partial charge in [-0.25, -0.2) is 13.1 Å². The first-order valence-electron chi connectivity index (χ1n) is 5.67. The highest BCUT2D eigenvalue weighted by Crippen LogP contribution is 2.29. The van der Waals surface area contributed by atoms with E-state index in [-0.39, 0.29) is 6.61 Å². The molecule has 0 saturated carbocycles. The van der Waals surface area contributed by atoms with Crippen molar-refractivity contribution in [3.8, 4) is 5.75 Å². The molecule has 10 heteroatoms. The van der Waals surface area contributed by atoms with Gasteiger partial charge in [0.2, 0.25) is 10.0 Å². The van der Waals surface area contributed by atoms with Gasteiger partial charge in [-0.3, -0.25) is 0 Å². The normalized spacial score (nSPS) is 14.0. The number of alkyl halides is 3. The van der Waals surface area contributed by atoms with E-state index in [4.69, 9.17) is 0 Å². The zero-order valence-electron chi connectivity index (χ0n) is 10.9. The fourth-order valence-electron chi connectivity index (χ4n) is 1.42. The van der Waals surface area contributed by atoms with Crippen molar-refractivity contribution in [3.63, 3.8) is 0 Å². The summed E-state index contributed by atoms with van der Waals surface area (Å²) in [5, 5.41) is 9.35. The molecule has 21 heavy (non-hydrogen) atoms. The Labute approximate surface area is 119 Å². The maximum Gasteiger partial charge on any atom is 0.573 e. The minimum Gasteiger partial charge on any atom is -0.404 e. The van der Waals surface area contributed by atoms with Crippen LogP contribution in [-0.4, -0.2) is 46.3 Å². The number of sulfonamides is 1. The fourth-order valence-corrected chi connectivity index (χ4v) is 2.62. The van der Waals surface area contributed by atoms with E-state index in [1.54, 1.807) is 0 Å². The van der Waals surface area contributed by atoms with Crippen molar-refractivity contribution in [2.24, 2.45) is 0 Å². The minimum absolute atomic E-state index is 0.122. The Bertz CT molecular complexity index is 561. The Kier molecular flexibility index (Phi) is 5.96.